The highest BCUT2D eigenvalue weighted by Gasteiger charge is 2.28. The summed E-state index contributed by atoms with van der Waals surface area (Å²) in [6.45, 7) is 0. The maximum atomic E-state index is 12.1. The number of benzene rings is 1. The summed E-state index contributed by atoms with van der Waals surface area (Å²) < 4.78 is 41.4. The van der Waals surface area contributed by atoms with Gasteiger partial charge >= 0.3 is 6.18 Å². The van der Waals surface area contributed by atoms with Gasteiger partial charge in [0.25, 0.3) is 0 Å². The number of rotatable bonds is 4. The van der Waals surface area contributed by atoms with Gasteiger partial charge in [-0.15, -0.1) is 0 Å². The summed E-state index contributed by atoms with van der Waals surface area (Å²) in [4.78, 5) is 4.13. The Morgan fingerprint density at radius 2 is 2.05 bits per heavy atom. The molecule has 0 saturated heterocycles. The van der Waals surface area contributed by atoms with Gasteiger partial charge in [-0.05, 0) is 30.2 Å². The molecule has 0 aliphatic heterocycles. The van der Waals surface area contributed by atoms with E-state index < -0.39 is 18.7 Å². The van der Waals surface area contributed by atoms with Gasteiger partial charge in [0, 0.05) is 24.1 Å². The minimum atomic E-state index is -4.27. The molecular weight excluding hydrogens is 271 g/mol. The molecule has 1 aromatic heterocycles. The third-order valence-electron chi connectivity index (χ3n) is 3.00. The number of aliphatic hydroxyl groups is 1. The highest BCUT2D eigenvalue weighted by atomic mass is 19.4. The van der Waals surface area contributed by atoms with E-state index in [1.54, 1.807) is 24.3 Å². The van der Waals surface area contributed by atoms with Gasteiger partial charge in [0.15, 0.2) is 0 Å². The molecular formula is C14H14F3NO2. The molecule has 3 nitrogen and oxygen atoms in total. The molecule has 0 fully saturated rings. The van der Waals surface area contributed by atoms with E-state index in [1.165, 1.54) is 13.3 Å². The van der Waals surface area contributed by atoms with Gasteiger partial charge in [0.05, 0.1) is 18.7 Å². The molecule has 1 aromatic carbocycles. The SMILES string of the molecule is COc1ccc2cc(C(O)CCC(F)(F)F)cnc2c1. The normalized spacial score (nSPS) is 13.4. The van der Waals surface area contributed by atoms with Crippen molar-refractivity contribution in [3.05, 3.63) is 36.0 Å². The first kappa shape index (κ1) is 14.6. The summed E-state index contributed by atoms with van der Waals surface area (Å²) >= 11 is 0. The number of aliphatic hydroxyl groups excluding tert-OH is 1. The van der Waals surface area contributed by atoms with Crippen LogP contribution in [-0.2, 0) is 0 Å². The molecule has 108 valence electrons. The lowest BCUT2D eigenvalue weighted by atomic mass is 10.0. The number of ether oxygens (including phenoxy) is 1. The van der Waals surface area contributed by atoms with Crippen LogP contribution >= 0.6 is 0 Å². The van der Waals surface area contributed by atoms with Crippen LogP contribution in [0.5, 0.6) is 5.75 Å². The molecule has 1 unspecified atom stereocenters. The molecule has 0 aliphatic carbocycles. The van der Waals surface area contributed by atoms with Crippen LogP contribution in [0.1, 0.15) is 24.5 Å². The van der Waals surface area contributed by atoms with Crippen LogP contribution in [0.25, 0.3) is 10.9 Å². The Bertz CT molecular complexity index is 598. The summed E-state index contributed by atoms with van der Waals surface area (Å²) in [6, 6.07) is 6.85. The summed E-state index contributed by atoms with van der Waals surface area (Å²) in [5, 5.41) is 10.5. The van der Waals surface area contributed by atoms with E-state index in [-0.39, 0.29) is 6.42 Å². The molecule has 0 radical (unpaired) electrons. The Balaban J connectivity index is 2.19. The number of halogens is 3. The highest BCUT2D eigenvalue weighted by Crippen LogP contribution is 2.28. The number of fused-ring (bicyclic) bond motifs is 1. The highest BCUT2D eigenvalue weighted by molar-refractivity contribution is 5.80. The lowest BCUT2D eigenvalue weighted by molar-refractivity contribution is -0.140. The van der Waals surface area contributed by atoms with Crippen LogP contribution in [0.3, 0.4) is 0 Å². The van der Waals surface area contributed by atoms with E-state index >= 15 is 0 Å². The number of aromatic nitrogens is 1. The van der Waals surface area contributed by atoms with Crippen LogP contribution in [0.4, 0.5) is 13.2 Å². The van der Waals surface area contributed by atoms with Gasteiger partial charge in [-0.25, -0.2) is 0 Å². The first-order chi connectivity index (χ1) is 9.39. The van der Waals surface area contributed by atoms with Crippen molar-refractivity contribution in [2.45, 2.75) is 25.1 Å². The molecule has 20 heavy (non-hydrogen) atoms. The molecule has 1 atom stereocenters. The second-order valence-corrected chi connectivity index (χ2v) is 4.50. The van der Waals surface area contributed by atoms with Crippen molar-refractivity contribution in [2.24, 2.45) is 0 Å². The molecule has 0 amide bonds. The quantitative estimate of drug-likeness (QED) is 0.933. The van der Waals surface area contributed by atoms with E-state index in [0.29, 0.717) is 16.8 Å². The van der Waals surface area contributed by atoms with Gasteiger partial charge in [-0.2, -0.15) is 13.2 Å². The third kappa shape index (κ3) is 3.60. The number of alkyl halides is 3. The summed E-state index contributed by atoms with van der Waals surface area (Å²) in [7, 11) is 1.54. The molecule has 0 bridgehead atoms. The molecule has 2 rings (SSSR count). The fourth-order valence-electron chi connectivity index (χ4n) is 1.89. The molecule has 0 aliphatic rings. The first-order valence-electron chi connectivity index (χ1n) is 6.07. The smallest absolute Gasteiger partial charge is 0.389 e. The Labute approximate surface area is 114 Å². The van der Waals surface area contributed by atoms with E-state index in [0.717, 1.165) is 5.39 Å². The van der Waals surface area contributed by atoms with Crippen molar-refractivity contribution in [2.75, 3.05) is 7.11 Å². The van der Waals surface area contributed by atoms with Crippen molar-refractivity contribution < 1.29 is 23.0 Å². The van der Waals surface area contributed by atoms with Crippen LogP contribution in [0.2, 0.25) is 0 Å². The van der Waals surface area contributed by atoms with Crippen molar-refractivity contribution in [1.29, 1.82) is 0 Å². The first-order valence-corrected chi connectivity index (χ1v) is 6.07. The van der Waals surface area contributed by atoms with Gasteiger partial charge in [-0.1, -0.05) is 0 Å². The zero-order valence-electron chi connectivity index (χ0n) is 10.8. The van der Waals surface area contributed by atoms with Crippen molar-refractivity contribution in [3.63, 3.8) is 0 Å². The Hall–Kier alpha value is -1.82. The average molecular weight is 285 g/mol. The summed E-state index contributed by atoms with van der Waals surface area (Å²) in [6.07, 6.45) is -5.43. The standard InChI is InChI=1S/C14H14F3NO2/c1-20-11-3-2-9-6-10(8-18-12(9)7-11)13(19)4-5-14(15,16)17/h2-3,6-8,13,19H,4-5H2,1H3. The minimum absolute atomic E-state index is 0.368. The molecule has 0 saturated carbocycles. The maximum absolute atomic E-state index is 12.1. The van der Waals surface area contributed by atoms with E-state index in [9.17, 15) is 18.3 Å². The zero-order chi connectivity index (χ0) is 14.8. The predicted molar refractivity (Wildman–Crippen MR) is 68.5 cm³/mol. The zero-order valence-corrected chi connectivity index (χ0v) is 10.8. The van der Waals surface area contributed by atoms with Crippen LogP contribution in [0, 0.1) is 0 Å². The van der Waals surface area contributed by atoms with Crippen LogP contribution in [0.15, 0.2) is 30.5 Å². The van der Waals surface area contributed by atoms with Gasteiger partial charge in [-0.3, -0.25) is 4.98 Å². The molecule has 0 spiro atoms. The minimum Gasteiger partial charge on any atom is -0.497 e. The Kier molecular flexibility index (Phi) is 4.13. The molecule has 1 heterocycles. The second-order valence-electron chi connectivity index (χ2n) is 4.50. The number of hydrogen-bond donors (Lipinski definition) is 1. The monoisotopic (exact) mass is 285 g/mol. The van der Waals surface area contributed by atoms with Crippen molar-refractivity contribution in [1.82, 2.24) is 4.98 Å². The van der Waals surface area contributed by atoms with E-state index in [1.807, 2.05) is 0 Å². The van der Waals surface area contributed by atoms with Crippen molar-refractivity contribution in [3.8, 4) is 5.75 Å². The molecule has 2 aromatic rings. The fourth-order valence-corrected chi connectivity index (χ4v) is 1.89. The predicted octanol–water partition coefficient (Wildman–Crippen LogP) is 3.62. The van der Waals surface area contributed by atoms with Gasteiger partial charge in [0.2, 0.25) is 0 Å². The lowest BCUT2D eigenvalue weighted by Crippen LogP contribution is -2.10. The van der Waals surface area contributed by atoms with Crippen molar-refractivity contribution >= 4 is 10.9 Å². The van der Waals surface area contributed by atoms with Crippen LogP contribution < -0.4 is 4.74 Å². The topological polar surface area (TPSA) is 42.4 Å². The van der Waals surface area contributed by atoms with E-state index in [2.05, 4.69) is 4.98 Å². The number of hydrogen-bond acceptors (Lipinski definition) is 3. The number of methoxy groups -OCH3 is 1. The Morgan fingerprint density at radius 3 is 2.70 bits per heavy atom. The second kappa shape index (κ2) is 5.66. The van der Waals surface area contributed by atoms with Gasteiger partial charge in [0.1, 0.15) is 5.75 Å². The maximum Gasteiger partial charge on any atom is 0.389 e. The Morgan fingerprint density at radius 1 is 1.30 bits per heavy atom. The summed E-state index contributed by atoms with van der Waals surface area (Å²) in [5.41, 5.74) is 1.04. The molecule has 6 heteroatoms. The average Bonchev–Trinajstić information content (AvgIpc) is 2.42. The van der Waals surface area contributed by atoms with Gasteiger partial charge < -0.3 is 9.84 Å². The summed E-state index contributed by atoms with van der Waals surface area (Å²) in [5.74, 6) is 0.648. The van der Waals surface area contributed by atoms with Crippen LogP contribution in [-0.4, -0.2) is 23.4 Å². The van der Waals surface area contributed by atoms with E-state index in [4.69, 9.17) is 4.74 Å². The molecule has 1 N–H and O–H groups in total. The fraction of sp³-hybridized carbons (Fsp3) is 0.357. The third-order valence-corrected chi connectivity index (χ3v) is 3.00. The largest absolute Gasteiger partial charge is 0.497 e. The lowest BCUT2D eigenvalue weighted by Gasteiger charge is -2.13. The number of pyridine rings is 1. The number of nitrogens with zero attached hydrogens (tertiary/aromatic N) is 1.